The summed E-state index contributed by atoms with van der Waals surface area (Å²) in [5.74, 6) is -0.890. The Hall–Kier alpha value is -1.65. The van der Waals surface area contributed by atoms with Crippen molar-refractivity contribution in [2.45, 2.75) is 0 Å². The lowest BCUT2D eigenvalue weighted by Gasteiger charge is -1.95. The van der Waals surface area contributed by atoms with Crippen LogP contribution in [0, 0.1) is 22.0 Å². The van der Waals surface area contributed by atoms with E-state index in [1.54, 1.807) is 0 Å². The lowest BCUT2D eigenvalue weighted by atomic mass is 10.3. The van der Waals surface area contributed by atoms with Crippen LogP contribution in [0.4, 0.5) is 15.8 Å². The van der Waals surface area contributed by atoms with Gasteiger partial charge in [-0.3, -0.25) is 10.1 Å². The van der Waals surface area contributed by atoms with E-state index in [1.165, 1.54) is 0 Å². The highest BCUT2D eigenvalue weighted by atomic mass is 19.1. The Balaban J connectivity index is 3.27. The zero-order valence-electron chi connectivity index (χ0n) is 5.37. The van der Waals surface area contributed by atoms with Crippen molar-refractivity contribution in [2.75, 3.05) is 5.73 Å². The summed E-state index contributed by atoms with van der Waals surface area (Å²) in [5, 5.41) is 10.1. The van der Waals surface area contributed by atoms with E-state index >= 15 is 0 Å². The minimum Gasteiger partial charge on any atom is -0.391 e. The van der Waals surface area contributed by atoms with E-state index in [0.717, 1.165) is 12.1 Å². The summed E-state index contributed by atoms with van der Waals surface area (Å²) in [6.45, 7) is 0. The molecule has 0 saturated carbocycles. The molecule has 0 fully saturated rings. The number of hydrogen-bond donors (Lipinski definition) is 1. The van der Waals surface area contributed by atoms with Crippen molar-refractivity contribution in [1.82, 2.24) is 0 Å². The number of nitrogens with zero attached hydrogens (tertiary/aromatic N) is 1. The first-order valence-electron chi connectivity index (χ1n) is 2.73. The summed E-state index contributed by atoms with van der Waals surface area (Å²) in [6.07, 6.45) is 0. The highest BCUT2D eigenvalue weighted by Crippen LogP contribution is 2.22. The molecule has 0 atom stereocenters. The summed E-state index contributed by atoms with van der Waals surface area (Å²) in [7, 11) is 0. The summed E-state index contributed by atoms with van der Waals surface area (Å²) in [6, 6.07) is 4.31. The molecule has 0 unspecified atom stereocenters. The molecule has 11 heavy (non-hydrogen) atoms. The molecule has 57 valence electrons. The van der Waals surface area contributed by atoms with Gasteiger partial charge in [-0.05, 0) is 6.07 Å². The molecular formula is C6H4FN2O2. The summed E-state index contributed by atoms with van der Waals surface area (Å²) < 4.78 is 12.5. The Labute approximate surface area is 61.6 Å². The van der Waals surface area contributed by atoms with Gasteiger partial charge >= 0.3 is 0 Å². The third-order valence-corrected chi connectivity index (χ3v) is 1.16. The fourth-order valence-corrected chi connectivity index (χ4v) is 0.633. The predicted octanol–water partition coefficient (Wildman–Crippen LogP) is 1.12. The van der Waals surface area contributed by atoms with Crippen LogP contribution in [0.15, 0.2) is 12.1 Å². The molecule has 0 saturated heterocycles. The van der Waals surface area contributed by atoms with Crippen LogP contribution in [0.2, 0.25) is 0 Å². The molecule has 0 aromatic heterocycles. The SMILES string of the molecule is Nc1c(F)[c]ccc1[N+](=O)[O-]. The molecule has 0 aliphatic carbocycles. The highest BCUT2D eigenvalue weighted by molar-refractivity contribution is 5.57. The average molecular weight is 155 g/mol. The molecule has 2 N–H and O–H groups in total. The number of nitro benzene ring substituents is 1. The second kappa shape index (κ2) is 2.53. The van der Waals surface area contributed by atoms with Gasteiger partial charge in [0.2, 0.25) is 0 Å². The van der Waals surface area contributed by atoms with E-state index in [0.29, 0.717) is 0 Å². The molecule has 0 bridgehead atoms. The maximum atomic E-state index is 12.5. The van der Waals surface area contributed by atoms with E-state index in [9.17, 15) is 14.5 Å². The molecule has 1 rings (SSSR count). The molecule has 1 radical (unpaired) electrons. The van der Waals surface area contributed by atoms with Gasteiger partial charge in [-0.25, -0.2) is 4.39 Å². The Bertz CT molecular complexity index is 301. The van der Waals surface area contributed by atoms with Gasteiger partial charge in [0.1, 0.15) is 5.69 Å². The van der Waals surface area contributed by atoms with Gasteiger partial charge < -0.3 is 5.73 Å². The van der Waals surface area contributed by atoms with Gasteiger partial charge in [0, 0.05) is 12.1 Å². The number of benzene rings is 1. The number of nitro groups is 1. The van der Waals surface area contributed by atoms with Gasteiger partial charge in [0.05, 0.1) is 4.92 Å². The van der Waals surface area contributed by atoms with E-state index in [-0.39, 0.29) is 0 Å². The second-order valence-electron chi connectivity index (χ2n) is 1.85. The predicted molar refractivity (Wildman–Crippen MR) is 36.3 cm³/mol. The van der Waals surface area contributed by atoms with Crippen LogP contribution in [-0.4, -0.2) is 4.92 Å². The standard InChI is InChI=1S/C6H4FN2O2/c7-4-2-1-3-5(6(4)8)9(10)11/h1,3H,8H2. The van der Waals surface area contributed by atoms with Crippen molar-refractivity contribution in [1.29, 1.82) is 0 Å². The topological polar surface area (TPSA) is 69.2 Å². The molecule has 0 heterocycles. The molecular weight excluding hydrogens is 151 g/mol. The Morgan fingerprint density at radius 2 is 2.36 bits per heavy atom. The number of halogens is 1. The first-order chi connectivity index (χ1) is 5.13. The smallest absolute Gasteiger partial charge is 0.295 e. The lowest BCUT2D eigenvalue weighted by Crippen LogP contribution is -1.97. The van der Waals surface area contributed by atoms with Crippen LogP contribution in [0.1, 0.15) is 0 Å². The molecule has 0 amide bonds. The van der Waals surface area contributed by atoms with Crippen LogP contribution in [-0.2, 0) is 0 Å². The van der Waals surface area contributed by atoms with Crippen LogP contribution in [0.25, 0.3) is 0 Å². The van der Waals surface area contributed by atoms with Gasteiger partial charge in [-0.1, -0.05) is 0 Å². The number of hydrogen-bond acceptors (Lipinski definition) is 3. The quantitative estimate of drug-likeness (QED) is 0.375. The monoisotopic (exact) mass is 155 g/mol. The molecule has 0 spiro atoms. The highest BCUT2D eigenvalue weighted by Gasteiger charge is 2.13. The number of nitrogens with two attached hydrogens (primary N) is 1. The van der Waals surface area contributed by atoms with Crippen molar-refractivity contribution < 1.29 is 9.31 Å². The molecule has 0 aliphatic heterocycles. The third-order valence-electron chi connectivity index (χ3n) is 1.16. The van der Waals surface area contributed by atoms with Gasteiger partial charge in [-0.15, -0.1) is 0 Å². The van der Waals surface area contributed by atoms with Crippen molar-refractivity contribution in [2.24, 2.45) is 0 Å². The lowest BCUT2D eigenvalue weighted by molar-refractivity contribution is -0.384. The van der Waals surface area contributed by atoms with E-state index in [2.05, 4.69) is 6.07 Å². The minimum absolute atomic E-state index is 0.429. The maximum Gasteiger partial charge on any atom is 0.295 e. The number of rotatable bonds is 1. The van der Waals surface area contributed by atoms with E-state index < -0.39 is 22.1 Å². The van der Waals surface area contributed by atoms with E-state index in [1.807, 2.05) is 0 Å². The van der Waals surface area contributed by atoms with E-state index in [4.69, 9.17) is 5.73 Å². The van der Waals surface area contributed by atoms with Gasteiger partial charge in [-0.2, -0.15) is 0 Å². The summed E-state index contributed by atoms with van der Waals surface area (Å²) in [5.41, 5.74) is 4.13. The van der Waals surface area contributed by atoms with Crippen molar-refractivity contribution >= 4 is 11.4 Å². The second-order valence-corrected chi connectivity index (χ2v) is 1.85. The summed E-state index contributed by atoms with van der Waals surface area (Å²) >= 11 is 0. The maximum absolute atomic E-state index is 12.5. The molecule has 0 aliphatic rings. The Morgan fingerprint density at radius 3 is 2.82 bits per heavy atom. The number of anilines is 1. The van der Waals surface area contributed by atoms with Gasteiger partial charge in [0.15, 0.2) is 5.82 Å². The normalized spacial score (nSPS) is 9.55. The first kappa shape index (κ1) is 7.46. The molecule has 5 heteroatoms. The summed E-state index contributed by atoms with van der Waals surface area (Å²) in [4.78, 5) is 9.38. The average Bonchev–Trinajstić information content (AvgIpc) is 1.94. The number of nitrogen functional groups attached to an aromatic ring is 1. The fraction of sp³-hybridized carbons (Fsp3) is 0. The first-order valence-corrected chi connectivity index (χ1v) is 2.73. The largest absolute Gasteiger partial charge is 0.391 e. The van der Waals surface area contributed by atoms with Crippen molar-refractivity contribution in [3.05, 3.63) is 34.1 Å². The zero-order valence-corrected chi connectivity index (χ0v) is 5.37. The Kier molecular flexibility index (Phi) is 1.72. The van der Waals surface area contributed by atoms with Crippen molar-refractivity contribution in [3.63, 3.8) is 0 Å². The van der Waals surface area contributed by atoms with Crippen molar-refractivity contribution in [3.8, 4) is 0 Å². The van der Waals surface area contributed by atoms with Crippen LogP contribution < -0.4 is 5.73 Å². The minimum atomic E-state index is -0.890. The van der Waals surface area contributed by atoms with Crippen LogP contribution in [0.5, 0.6) is 0 Å². The van der Waals surface area contributed by atoms with Crippen LogP contribution in [0.3, 0.4) is 0 Å². The van der Waals surface area contributed by atoms with Gasteiger partial charge in [0.25, 0.3) is 5.69 Å². The fourth-order valence-electron chi connectivity index (χ4n) is 0.633. The zero-order chi connectivity index (χ0) is 8.43. The molecule has 1 aromatic rings. The Morgan fingerprint density at radius 1 is 1.73 bits per heavy atom. The van der Waals surface area contributed by atoms with Crippen LogP contribution >= 0.6 is 0 Å². The molecule has 1 aromatic carbocycles. The molecule has 4 nitrogen and oxygen atoms in total. The third kappa shape index (κ3) is 1.26.